The van der Waals surface area contributed by atoms with E-state index in [0.717, 1.165) is 11.8 Å². The summed E-state index contributed by atoms with van der Waals surface area (Å²) < 4.78 is 0. The van der Waals surface area contributed by atoms with Crippen LogP contribution in [0.5, 0.6) is 0 Å². The second kappa shape index (κ2) is 4.36. The summed E-state index contributed by atoms with van der Waals surface area (Å²) in [5.41, 5.74) is 2.73. The van der Waals surface area contributed by atoms with Crippen LogP contribution in [0, 0.1) is 18.8 Å². The van der Waals surface area contributed by atoms with E-state index in [1.54, 1.807) is 0 Å². The van der Waals surface area contributed by atoms with Crippen LogP contribution in [0.4, 0.5) is 0 Å². The van der Waals surface area contributed by atoms with E-state index in [0.29, 0.717) is 6.04 Å². The molecule has 1 aromatic rings. The van der Waals surface area contributed by atoms with Crippen molar-refractivity contribution in [2.24, 2.45) is 11.8 Å². The molecule has 1 heteroatoms. The standard InChI is InChI=1S/C14H21N/c1-10-4-6-13(7-5-10)12(3)15-9-14-8-11(14)2/h4-7,11-12,14-15H,8-9H2,1-3H3. The molecule has 1 fully saturated rings. The molecule has 0 amide bonds. The Hall–Kier alpha value is -0.820. The minimum Gasteiger partial charge on any atom is -0.310 e. The average Bonchev–Trinajstić information content (AvgIpc) is 2.92. The Morgan fingerprint density at radius 1 is 1.33 bits per heavy atom. The van der Waals surface area contributed by atoms with E-state index < -0.39 is 0 Å². The summed E-state index contributed by atoms with van der Waals surface area (Å²) in [4.78, 5) is 0. The molecule has 1 N–H and O–H groups in total. The highest BCUT2D eigenvalue weighted by molar-refractivity contribution is 5.23. The number of aryl methyl sites for hydroxylation is 1. The van der Waals surface area contributed by atoms with E-state index in [1.807, 2.05) is 0 Å². The molecule has 0 bridgehead atoms. The third kappa shape index (κ3) is 2.82. The van der Waals surface area contributed by atoms with Gasteiger partial charge in [0.2, 0.25) is 0 Å². The van der Waals surface area contributed by atoms with E-state index in [-0.39, 0.29) is 0 Å². The van der Waals surface area contributed by atoms with E-state index >= 15 is 0 Å². The molecular formula is C14H21N. The van der Waals surface area contributed by atoms with Crippen LogP contribution in [0.1, 0.15) is 37.4 Å². The smallest absolute Gasteiger partial charge is 0.0291 e. The Bertz CT molecular complexity index is 315. The molecule has 3 unspecified atom stereocenters. The van der Waals surface area contributed by atoms with Crippen molar-refractivity contribution in [2.75, 3.05) is 6.54 Å². The summed E-state index contributed by atoms with van der Waals surface area (Å²) in [5.74, 6) is 1.88. The molecule has 0 aliphatic heterocycles. The number of benzene rings is 1. The molecule has 1 aliphatic rings. The molecule has 1 aromatic carbocycles. The Balaban J connectivity index is 1.84. The summed E-state index contributed by atoms with van der Waals surface area (Å²) in [6.07, 6.45) is 1.41. The fraction of sp³-hybridized carbons (Fsp3) is 0.571. The maximum atomic E-state index is 3.61. The number of hydrogen-bond acceptors (Lipinski definition) is 1. The first-order valence-corrected chi connectivity index (χ1v) is 5.97. The van der Waals surface area contributed by atoms with Gasteiger partial charge in [-0.25, -0.2) is 0 Å². The minimum atomic E-state index is 0.485. The van der Waals surface area contributed by atoms with Crippen molar-refractivity contribution in [3.63, 3.8) is 0 Å². The summed E-state index contributed by atoms with van der Waals surface area (Å²) >= 11 is 0. The molecule has 1 nitrogen and oxygen atoms in total. The molecular weight excluding hydrogens is 182 g/mol. The number of rotatable bonds is 4. The molecule has 15 heavy (non-hydrogen) atoms. The molecule has 82 valence electrons. The fourth-order valence-electron chi connectivity index (χ4n) is 1.98. The average molecular weight is 203 g/mol. The lowest BCUT2D eigenvalue weighted by Crippen LogP contribution is -2.21. The van der Waals surface area contributed by atoms with Gasteiger partial charge in [0.15, 0.2) is 0 Å². The SMILES string of the molecule is Cc1ccc(C(C)NCC2CC2C)cc1. The predicted molar refractivity (Wildman–Crippen MR) is 64.9 cm³/mol. The maximum Gasteiger partial charge on any atom is 0.0291 e. The van der Waals surface area contributed by atoms with Gasteiger partial charge in [-0.3, -0.25) is 0 Å². The van der Waals surface area contributed by atoms with E-state index in [1.165, 1.54) is 24.1 Å². The molecule has 0 saturated heterocycles. The van der Waals surface area contributed by atoms with Crippen LogP contribution in [-0.4, -0.2) is 6.54 Å². The van der Waals surface area contributed by atoms with Gasteiger partial charge >= 0.3 is 0 Å². The van der Waals surface area contributed by atoms with Crippen LogP contribution in [0.15, 0.2) is 24.3 Å². The highest BCUT2D eigenvalue weighted by Crippen LogP contribution is 2.37. The molecule has 0 radical (unpaired) electrons. The highest BCUT2D eigenvalue weighted by atomic mass is 14.9. The van der Waals surface area contributed by atoms with E-state index in [9.17, 15) is 0 Å². The first kappa shape index (κ1) is 10.7. The first-order valence-electron chi connectivity index (χ1n) is 5.97. The van der Waals surface area contributed by atoms with Gasteiger partial charge in [-0.1, -0.05) is 36.8 Å². The van der Waals surface area contributed by atoms with Gasteiger partial charge in [0, 0.05) is 6.04 Å². The Labute approximate surface area is 92.9 Å². The number of hydrogen-bond donors (Lipinski definition) is 1. The summed E-state index contributed by atoms with van der Waals surface area (Å²) in [5, 5.41) is 3.61. The molecule has 1 aliphatic carbocycles. The summed E-state index contributed by atoms with van der Waals surface area (Å²) in [6.45, 7) is 7.89. The summed E-state index contributed by atoms with van der Waals surface area (Å²) in [6, 6.07) is 9.31. The van der Waals surface area contributed by atoms with Crippen molar-refractivity contribution < 1.29 is 0 Å². The molecule has 1 saturated carbocycles. The van der Waals surface area contributed by atoms with Crippen LogP contribution < -0.4 is 5.32 Å². The fourth-order valence-corrected chi connectivity index (χ4v) is 1.98. The summed E-state index contributed by atoms with van der Waals surface area (Å²) in [7, 11) is 0. The van der Waals surface area contributed by atoms with Gasteiger partial charge in [-0.15, -0.1) is 0 Å². The quantitative estimate of drug-likeness (QED) is 0.791. The second-order valence-electron chi connectivity index (χ2n) is 5.01. The second-order valence-corrected chi connectivity index (χ2v) is 5.01. The zero-order valence-electron chi connectivity index (χ0n) is 9.96. The van der Waals surface area contributed by atoms with Gasteiger partial charge in [0.1, 0.15) is 0 Å². The Kier molecular flexibility index (Phi) is 3.11. The van der Waals surface area contributed by atoms with Gasteiger partial charge in [0.05, 0.1) is 0 Å². The molecule has 0 spiro atoms. The van der Waals surface area contributed by atoms with Crippen LogP contribution >= 0.6 is 0 Å². The Morgan fingerprint density at radius 3 is 2.47 bits per heavy atom. The molecule has 0 heterocycles. The van der Waals surface area contributed by atoms with Crippen LogP contribution in [0.25, 0.3) is 0 Å². The minimum absolute atomic E-state index is 0.485. The van der Waals surface area contributed by atoms with Gasteiger partial charge in [-0.2, -0.15) is 0 Å². The lowest BCUT2D eigenvalue weighted by Gasteiger charge is -2.14. The lowest BCUT2D eigenvalue weighted by molar-refractivity contribution is 0.535. The monoisotopic (exact) mass is 203 g/mol. The van der Waals surface area contributed by atoms with Crippen molar-refractivity contribution in [3.05, 3.63) is 35.4 Å². The predicted octanol–water partition coefficient (Wildman–Crippen LogP) is 3.30. The third-order valence-corrected chi connectivity index (χ3v) is 3.54. The maximum absolute atomic E-state index is 3.61. The van der Waals surface area contributed by atoms with Gasteiger partial charge < -0.3 is 5.32 Å². The number of nitrogens with one attached hydrogen (secondary N) is 1. The van der Waals surface area contributed by atoms with Gasteiger partial charge in [0.25, 0.3) is 0 Å². The van der Waals surface area contributed by atoms with Crippen molar-refractivity contribution >= 4 is 0 Å². The molecule has 0 aromatic heterocycles. The Morgan fingerprint density at radius 2 is 1.93 bits per heavy atom. The molecule has 3 atom stereocenters. The third-order valence-electron chi connectivity index (χ3n) is 3.54. The normalized spacial score (nSPS) is 26.3. The lowest BCUT2D eigenvalue weighted by atomic mass is 10.1. The largest absolute Gasteiger partial charge is 0.310 e. The van der Waals surface area contributed by atoms with Crippen molar-refractivity contribution in [2.45, 2.75) is 33.2 Å². The van der Waals surface area contributed by atoms with Crippen LogP contribution in [-0.2, 0) is 0 Å². The van der Waals surface area contributed by atoms with Gasteiger partial charge in [-0.05, 0) is 44.2 Å². The van der Waals surface area contributed by atoms with Crippen LogP contribution in [0.2, 0.25) is 0 Å². The zero-order chi connectivity index (χ0) is 10.8. The van der Waals surface area contributed by atoms with E-state index in [2.05, 4.69) is 50.4 Å². The molecule has 2 rings (SSSR count). The highest BCUT2D eigenvalue weighted by Gasteiger charge is 2.32. The van der Waals surface area contributed by atoms with Crippen LogP contribution in [0.3, 0.4) is 0 Å². The van der Waals surface area contributed by atoms with Crippen molar-refractivity contribution in [3.8, 4) is 0 Å². The van der Waals surface area contributed by atoms with Crippen molar-refractivity contribution in [1.82, 2.24) is 5.32 Å². The van der Waals surface area contributed by atoms with E-state index in [4.69, 9.17) is 0 Å². The van der Waals surface area contributed by atoms with Crippen molar-refractivity contribution in [1.29, 1.82) is 0 Å². The topological polar surface area (TPSA) is 12.0 Å². The zero-order valence-corrected chi connectivity index (χ0v) is 9.96. The first-order chi connectivity index (χ1) is 7.16.